The number of carbonyl (C=O) groups excluding carboxylic acids is 1. The molecule has 2 atom stereocenters. The highest BCUT2D eigenvalue weighted by atomic mass is 35.5. The van der Waals surface area contributed by atoms with Crippen molar-refractivity contribution < 1.29 is 9.90 Å². The van der Waals surface area contributed by atoms with E-state index in [-0.39, 0.29) is 29.2 Å². The van der Waals surface area contributed by atoms with Crippen LogP contribution in [0.4, 0.5) is 5.69 Å². The van der Waals surface area contributed by atoms with Gasteiger partial charge in [0.2, 0.25) is 5.91 Å². The van der Waals surface area contributed by atoms with Crippen LogP contribution in [0, 0.1) is 0 Å². The predicted octanol–water partition coefficient (Wildman–Crippen LogP) is 2.98. The molecule has 1 heterocycles. The second kappa shape index (κ2) is 9.33. The van der Waals surface area contributed by atoms with Crippen molar-refractivity contribution in [3.8, 4) is 0 Å². The zero-order chi connectivity index (χ0) is 18.4. The van der Waals surface area contributed by atoms with E-state index in [4.69, 9.17) is 40.6 Å². The van der Waals surface area contributed by atoms with Gasteiger partial charge in [0, 0.05) is 16.8 Å². The number of aromatic nitrogens is 1. The van der Waals surface area contributed by atoms with Gasteiger partial charge in [0.1, 0.15) is 10.3 Å². The van der Waals surface area contributed by atoms with Crippen LogP contribution in [0.5, 0.6) is 0 Å². The Kier molecular flexibility index (Phi) is 7.43. The summed E-state index contributed by atoms with van der Waals surface area (Å²) in [6.07, 6.45) is 0.232. The summed E-state index contributed by atoms with van der Waals surface area (Å²) in [5.41, 5.74) is 3.60. The molecule has 1 aromatic heterocycles. The zero-order valence-electron chi connectivity index (χ0n) is 13.0. The highest BCUT2D eigenvalue weighted by Crippen LogP contribution is 2.28. The van der Waals surface area contributed by atoms with Gasteiger partial charge in [0.05, 0.1) is 12.5 Å². The first-order chi connectivity index (χ1) is 11.9. The maximum absolute atomic E-state index is 12.8. The van der Waals surface area contributed by atoms with E-state index < -0.39 is 12.0 Å². The SMILES string of the molecule is NN[C@@H](CO)CC(C(=O)Nc1cccc(Cl)c1)c1cc(Cl)nc(Cl)c1. The molecule has 25 heavy (non-hydrogen) atoms. The lowest BCUT2D eigenvalue weighted by Crippen LogP contribution is -2.40. The van der Waals surface area contributed by atoms with Crippen LogP contribution in [-0.4, -0.2) is 28.6 Å². The third-order valence-electron chi connectivity index (χ3n) is 3.57. The molecule has 0 aliphatic rings. The highest BCUT2D eigenvalue weighted by Gasteiger charge is 2.25. The molecule has 2 rings (SSSR count). The number of benzene rings is 1. The van der Waals surface area contributed by atoms with E-state index in [9.17, 15) is 9.90 Å². The molecule has 0 radical (unpaired) electrons. The number of nitrogens with zero attached hydrogens (tertiary/aromatic N) is 1. The Hall–Kier alpha value is -1.41. The minimum absolute atomic E-state index is 0.171. The second-order valence-corrected chi connectivity index (χ2v) is 6.59. The fourth-order valence-electron chi connectivity index (χ4n) is 2.35. The van der Waals surface area contributed by atoms with Crippen molar-refractivity contribution in [1.82, 2.24) is 10.4 Å². The zero-order valence-corrected chi connectivity index (χ0v) is 15.3. The Balaban J connectivity index is 2.31. The first-order valence-electron chi connectivity index (χ1n) is 7.39. The van der Waals surface area contributed by atoms with E-state index in [1.54, 1.807) is 36.4 Å². The van der Waals surface area contributed by atoms with Gasteiger partial charge >= 0.3 is 0 Å². The summed E-state index contributed by atoms with van der Waals surface area (Å²) < 4.78 is 0. The largest absolute Gasteiger partial charge is 0.395 e. The molecule has 134 valence electrons. The van der Waals surface area contributed by atoms with Crippen molar-refractivity contribution in [2.24, 2.45) is 5.84 Å². The number of aliphatic hydroxyl groups excluding tert-OH is 1. The van der Waals surface area contributed by atoms with Crippen LogP contribution in [0.25, 0.3) is 0 Å². The monoisotopic (exact) mass is 402 g/mol. The molecule has 9 heteroatoms. The number of halogens is 3. The van der Waals surface area contributed by atoms with Gasteiger partial charge < -0.3 is 10.4 Å². The van der Waals surface area contributed by atoms with Crippen LogP contribution in [-0.2, 0) is 4.79 Å². The third-order valence-corrected chi connectivity index (χ3v) is 4.19. The molecule has 0 aliphatic heterocycles. The van der Waals surface area contributed by atoms with Crippen molar-refractivity contribution in [1.29, 1.82) is 0 Å². The van der Waals surface area contributed by atoms with Crippen LogP contribution in [0.2, 0.25) is 15.3 Å². The fourth-order valence-corrected chi connectivity index (χ4v) is 3.02. The summed E-state index contributed by atoms with van der Waals surface area (Å²) in [5.74, 6) is 4.45. The van der Waals surface area contributed by atoms with E-state index in [0.29, 0.717) is 16.3 Å². The van der Waals surface area contributed by atoms with Gasteiger partial charge in [-0.1, -0.05) is 40.9 Å². The maximum atomic E-state index is 12.8. The molecule has 0 saturated carbocycles. The molecule has 1 amide bonds. The van der Waals surface area contributed by atoms with Crippen molar-refractivity contribution in [3.05, 3.63) is 57.3 Å². The van der Waals surface area contributed by atoms with Crippen molar-refractivity contribution in [2.75, 3.05) is 11.9 Å². The molecule has 0 fully saturated rings. The summed E-state index contributed by atoms with van der Waals surface area (Å²) in [6, 6.07) is 9.41. The number of hydrogen-bond donors (Lipinski definition) is 4. The smallest absolute Gasteiger partial charge is 0.231 e. The molecule has 0 bridgehead atoms. The molecular formula is C16H17Cl3N4O2. The highest BCUT2D eigenvalue weighted by molar-refractivity contribution is 6.32. The Morgan fingerprint density at radius 2 is 1.88 bits per heavy atom. The molecule has 0 aliphatic carbocycles. The number of hydrogen-bond acceptors (Lipinski definition) is 5. The maximum Gasteiger partial charge on any atom is 0.231 e. The Morgan fingerprint density at radius 1 is 1.20 bits per heavy atom. The average Bonchev–Trinajstić information content (AvgIpc) is 2.55. The minimum atomic E-state index is -0.662. The number of nitrogens with two attached hydrogens (primary N) is 1. The number of carbonyl (C=O) groups is 1. The molecular weight excluding hydrogens is 387 g/mol. The lowest BCUT2D eigenvalue weighted by molar-refractivity contribution is -0.117. The van der Waals surface area contributed by atoms with Gasteiger partial charge in [-0.25, -0.2) is 4.98 Å². The number of rotatable bonds is 7. The minimum Gasteiger partial charge on any atom is -0.395 e. The van der Waals surface area contributed by atoms with Crippen LogP contribution in [0.15, 0.2) is 36.4 Å². The van der Waals surface area contributed by atoms with Crippen molar-refractivity contribution in [2.45, 2.75) is 18.4 Å². The quantitative estimate of drug-likeness (QED) is 0.323. The number of anilines is 1. The second-order valence-electron chi connectivity index (χ2n) is 5.38. The van der Waals surface area contributed by atoms with E-state index >= 15 is 0 Å². The average molecular weight is 404 g/mol. The summed E-state index contributed by atoms with van der Waals surface area (Å²) in [6.45, 7) is -0.232. The summed E-state index contributed by atoms with van der Waals surface area (Å²) in [7, 11) is 0. The topological polar surface area (TPSA) is 100 Å². The first kappa shape index (κ1) is 19.9. The summed E-state index contributed by atoms with van der Waals surface area (Å²) in [4.78, 5) is 16.7. The van der Waals surface area contributed by atoms with E-state index in [1.165, 1.54) is 0 Å². The van der Waals surface area contributed by atoms with Gasteiger partial charge in [-0.05, 0) is 42.3 Å². The van der Waals surface area contributed by atoms with Crippen molar-refractivity contribution in [3.63, 3.8) is 0 Å². The number of aliphatic hydroxyl groups is 1. The molecule has 0 saturated heterocycles. The van der Waals surface area contributed by atoms with Crippen LogP contribution >= 0.6 is 34.8 Å². The van der Waals surface area contributed by atoms with E-state index in [1.807, 2.05) is 0 Å². The first-order valence-corrected chi connectivity index (χ1v) is 8.52. The molecule has 6 nitrogen and oxygen atoms in total. The standard InChI is InChI=1S/C16H17Cl3N4O2/c17-10-2-1-3-11(6-10)21-16(25)13(7-12(8-24)23-20)9-4-14(18)22-15(19)5-9/h1-6,12-13,23-24H,7-8,20H2,(H,21,25)/t12-,13?/m1/s1. The molecule has 2 aromatic rings. The predicted molar refractivity (Wildman–Crippen MR) is 99.9 cm³/mol. The Morgan fingerprint density at radius 3 is 2.44 bits per heavy atom. The molecule has 1 unspecified atom stereocenters. The lowest BCUT2D eigenvalue weighted by atomic mass is 9.92. The van der Waals surface area contributed by atoms with E-state index in [0.717, 1.165) is 0 Å². The number of nitrogens with one attached hydrogen (secondary N) is 2. The summed E-state index contributed by atoms with van der Waals surface area (Å²) in [5, 5.41) is 13.0. The van der Waals surface area contributed by atoms with Crippen LogP contribution in [0.3, 0.4) is 0 Å². The number of amides is 1. The van der Waals surface area contributed by atoms with Gasteiger partial charge in [-0.2, -0.15) is 0 Å². The van der Waals surface area contributed by atoms with Gasteiger partial charge in [0.15, 0.2) is 0 Å². The fraction of sp³-hybridized carbons (Fsp3) is 0.250. The lowest BCUT2D eigenvalue weighted by Gasteiger charge is -2.22. The molecule has 1 aromatic carbocycles. The Labute approximate surface area is 160 Å². The van der Waals surface area contributed by atoms with Gasteiger partial charge in [-0.3, -0.25) is 16.1 Å². The van der Waals surface area contributed by atoms with Gasteiger partial charge in [0.25, 0.3) is 0 Å². The normalized spacial score (nSPS) is 13.3. The number of pyridine rings is 1. The Bertz CT molecular complexity index is 721. The van der Waals surface area contributed by atoms with Crippen molar-refractivity contribution >= 4 is 46.4 Å². The summed E-state index contributed by atoms with van der Waals surface area (Å²) >= 11 is 17.8. The van der Waals surface area contributed by atoms with Crippen LogP contribution < -0.4 is 16.6 Å². The molecule has 0 spiro atoms. The molecule has 5 N–H and O–H groups in total. The van der Waals surface area contributed by atoms with Crippen LogP contribution in [0.1, 0.15) is 17.9 Å². The van der Waals surface area contributed by atoms with Gasteiger partial charge in [-0.15, -0.1) is 0 Å². The third kappa shape index (κ3) is 5.81. The number of hydrazine groups is 1. The van der Waals surface area contributed by atoms with E-state index in [2.05, 4.69) is 15.7 Å².